The van der Waals surface area contributed by atoms with E-state index in [9.17, 15) is 9.59 Å². The molecular weight excluding hydrogens is 392 g/mol. The Balaban J connectivity index is 1.73. The highest BCUT2D eigenvalue weighted by molar-refractivity contribution is 8.04. The Hall–Kier alpha value is -2.81. The van der Waals surface area contributed by atoms with E-state index in [1.807, 2.05) is 36.4 Å². The lowest BCUT2D eigenvalue weighted by Crippen LogP contribution is -2.34. The molecule has 2 amide bonds. The number of hydrogen-bond donors (Lipinski definition) is 2. The van der Waals surface area contributed by atoms with Gasteiger partial charge in [0.05, 0.1) is 24.2 Å². The molecule has 1 heterocycles. The van der Waals surface area contributed by atoms with Crippen LogP contribution in [0.5, 0.6) is 5.75 Å². The summed E-state index contributed by atoms with van der Waals surface area (Å²) in [4.78, 5) is 26.3. The first-order valence-corrected chi connectivity index (χ1v) is 9.68. The normalized spacial score (nSPS) is 14.5. The van der Waals surface area contributed by atoms with Crippen molar-refractivity contribution in [3.05, 3.63) is 58.5 Å². The van der Waals surface area contributed by atoms with Gasteiger partial charge in [-0.25, -0.2) is 0 Å². The highest BCUT2D eigenvalue weighted by atomic mass is 32.2. The SMILES string of the molecule is COc1ccc(/C=C2/Sc3ccc(C(=O)NCC(OC)OC)cc3NC2=O)cc1. The van der Waals surface area contributed by atoms with E-state index in [1.165, 1.54) is 26.0 Å². The summed E-state index contributed by atoms with van der Waals surface area (Å²) < 4.78 is 15.3. The molecule has 29 heavy (non-hydrogen) atoms. The maximum atomic E-state index is 12.5. The number of amides is 2. The third-order valence-corrected chi connectivity index (χ3v) is 5.40. The van der Waals surface area contributed by atoms with Gasteiger partial charge in [-0.1, -0.05) is 23.9 Å². The van der Waals surface area contributed by atoms with E-state index in [4.69, 9.17) is 14.2 Å². The summed E-state index contributed by atoms with van der Waals surface area (Å²) in [5.74, 6) is 0.270. The number of carbonyl (C=O) groups excluding carboxylic acids is 2. The molecule has 2 N–H and O–H groups in total. The van der Waals surface area contributed by atoms with Crippen LogP contribution in [-0.2, 0) is 14.3 Å². The molecule has 0 fully saturated rings. The molecule has 152 valence electrons. The summed E-state index contributed by atoms with van der Waals surface area (Å²) in [5.41, 5.74) is 1.95. The van der Waals surface area contributed by atoms with Crippen molar-refractivity contribution in [3.63, 3.8) is 0 Å². The van der Waals surface area contributed by atoms with E-state index in [0.29, 0.717) is 16.2 Å². The van der Waals surface area contributed by atoms with Crippen molar-refractivity contribution in [2.75, 3.05) is 33.2 Å². The topological polar surface area (TPSA) is 85.9 Å². The standard InChI is InChI=1S/C21H22N2O5S/c1-26-15-7-4-13(5-8-15)10-18-21(25)23-16-11-14(6-9-17(16)29-18)20(24)22-12-19(27-2)28-3/h4-11,19H,12H2,1-3H3,(H,22,24)(H,23,25)/b18-10+. The van der Waals surface area contributed by atoms with Gasteiger partial charge in [0, 0.05) is 24.7 Å². The quantitative estimate of drug-likeness (QED) is 0.535. The fourth-order valence-electron chi connectivity index (χ4n) is 2.69. The van der Waals surface area contributed by atoms with Gasteiger partial charge in [-0.15, -0.1) is 0 Å². The molecule has 0 spiro atoms. The Bertz CT molecular complexity index is 923. The lowest BCUT2D eigenvalue weighted by atomic mass is 10.1. The van der Waals surface area contributed by atoms with Crippen LogP contribution in [0.25, 0.3) is 6.08 Å². The summed E-state index contributed by atoms with van der Waals surface area (Å²) >= 11 is 1.36. The monoisotopic (exact) mass is 414 g/mol. The number of carbonyl (C=O) groups is 2. The molecule has 0 bridgehead atoms. The van der Waals surface area contributed by atoms with Gasteiger partial charge in [-0.2, -0.15) is 0 Å². The number of hydrogen-bond acceptors (Lipinski definition) is 6. The first-order valence-electron chi connectivity index (χ1n) is 8.87. The Morgan fingerprint density at radius 1 is 1.14 bits per heavy atom. The summed E-state index contributed by atoms with van der Waals surface area (Å²) in [6, 6.07) is 12.7. The fourth-order valence-corrected chi connectivity index (χ4v) is 3.63. The van der Waals surface area contributed by atoms with Crippen LogP contribution in [0, 0.1) is 0 Å². The van der Waals surface area contributed by atoms with E-state index < -0.39 is 6.29 Å². The lowest BCUT2D eigenvalue weighted by molar-refractivity contribution is -0.112. The number of rotatable bonds is 7. The van der Waals surface area contributed by atoms with Crippen molar-refractivity contribution in [1.82, 2.24) is 5.32 Å². The van der Waals surface area contributed by atoms with Gasteiger partial charge in [0.2, 0.25) is 0 Å². The van der Waals surface area contributed by atoms with E-state index in [-0.39, 0.29) is 18.4 Å². The molecule has 0 unspecified atom stereocenters. The van der Waals surface area contributed by atoms with Crippen LogP contribution in [0.4, 0.5) is 5.69 Å². The number of benzene rings is 2. The van der Waals surface area contributed by atoms with Crippen LogP contribution < -0.4 is 15.4 Å². The molecule has 0 aromatic heterocycles. The minimum Gasteiger partial charge on any atom is -0.497 e. The van der Waals surface area contributed by atoms with E-state index >= 15 is 0 Å². The average molecular weight is 414 g/mol. The molecule has 2 aromatic rings. The molecule has 0 saturated heterocycles. The minimum atomic E-state index is -0.516. The van der Waals surface area contributed by atoms with Gasteiger partial charge in [-0.3, -0.25) is 9.59 Å². The van der Waals surface area contributed by atoms with Crippen LogP contribution in [0.1, 0.15) is 15.9 Å². The van der Waals surface area contributed by atoms with Crippen molar-refractivity contribution in [2.24, 2.45) is 0 Å². The number of anilines is 1. The Morgan fingerprint density at radius 3 is 2.52 bits per heavy atom. The van der Waals surface area contributed by atoms with Crippen LogP contribution >= 0.6 is 11.8 Å². The molecule has 0 aliphatic carbocycles. The third kappa shape index (κ3) is 5.17. The van der Waals surface area contributed by atoms with Gasteiger partial charge in [0.15, 0.2) is 6.29 Å². The molecule has 8 heteroatoms. The fraction of sp³-hybridized carbons (Fsp3) is 0.238. The van der Waals surface area contributed by atoms with Crippen molar-refractivity contribution < 1.29 is 23.8 Å². The zero-order valence-electron chi connectivity index (χ0n) is 16.4. The molecule has 3 rings (SSSR count). The molecule has 0 saturated carbocycles. The van der Waals surface area contributed by atoms with Crippen molar-refractivity contribution in [2.45, 2.75) is 11.2 Å². The molecule has 1 aliphatic heterocycles. The summed E-state index contributed by atoms with van der Waals surface area (Å²) in [5, 5.41) is 5.59. The van der Waals surface area contributed by atoms with Gasteiger partial charge in [0.25, 0.3) is 11.8 Å². The predicted molar refractivity (Wildman–Crippen MR) is 112 cm³/mol. The molecule has 0 radical (unpaired) electrons. The highest BCUT2D eigenvalue weighted by Gasteiger charge is 2.22. The van der Waals surface area contributed by atoms with Gasteiger partial charge in [0.1, 0.15) is 5.75 Å². The lowest BCUT2D eigenvalue weighted by Gasteiger charge is -2.20. The average Bonchev–Trinajstić information content (AvgIpc) is 2.75. The number of thioether (sulfide) groups is 1. The number of methoxy groups -OCH3 is 3. The zero-order valence-corrected chi connectivity index (χ0v) is 17.2. The Morgan fingerprint density at radius 2 is 1.86 bits per heavy atom. The second-order valence-electron chi connectivity index (χ2n) is 6.16. The molecule has 1 aliphatic rings. The molecular formula is C21H22N2O5S. The first-order chi connectivity index (χ1) is 14.0. The summed E-state index contributed by atoms with van der Waals surface area (Å²) in [7, 11) is 4.61. The minimum absolute atomic E-state index is 0.213. The number of ether oxygens (including phenoxy) is 3. The summed E-state index contributed by atoms with van der Waals surface area (Å²) in [6.07, 6.45) is 1.30. The van der Waals surface area contributed by atoms with Crippen molar-refractivity contribution in [1.29, 1.82) is 0 Å². The Kier molecular flexibility index (Phi) is 6.92. The first kappa shape index (κ1) is 20.9. The van der Waals surface area contributed by atoms with Gasteiger partial charge >= 0.3 is 0 Å². The third-order valence-electron chi connectivity index (χ3n) is 4.30. The molecule has 0 atom stereocenters. The van der Waals surface area contributed by atoms with Crippen LogP contribution in [0.2, 0.25) is 0 Å². The van der Waals surface area contributed by atoms with Crippen LogP contribution in [0.15, 0.2) is 52.3 Å². The van der Waals surface area contributed by atoms with E-state index in [2.05, 4.69) is 10.6 Å². The van der Waals surface area contributed by atoms with Crippen molar-refractivity contribution in [3.8, 4) is 5.75 Å². The second-order valence-corrected chi connectivity index (χ2v) is 7.24. The van der Waals surface area contributed by atoms with Crippen molar-refractivity contribution >= 4 is 35.3 Å². The highest BCUT2D eigenvalue weighted by Crippen LogP contribution is 2.39. The van der Waals surface area contributed by atoms with E-state index in [1.54, 1.807) is 19.2 Å². The number of fused-ring (bicyclic) bond motifs is 1. The summed E-state index contributed by atoms with van der Waals surface area (Å²) in [6.45, 7) is 0.221. The maximum absolute atomic E-state index is 12.5. The predicted octanol–water partition coefficient (Wildman–Crippen LogP) is 3.13. The maximum Gasteiger partial charge on any atom is 0.262 e. The Labute approximate surface area is 173 Å². The smallest absolute Gasteiger partial charge is 0.262 e. The van der Waals surface area contributed by atoms with E-state index in [0.717, 1.165) is 16.2 Å². The van der Waals surface area contributed by atoms with Gasteiger partial charge in [-0.05, 0) is 42.0 Å². The second kappa shape index (κ2) is 9.60. The molecule has 7 nitrogen and oxygen atoms in total. The molecule has 2 aromatic carbocycles. The van der Waals surface area contributed by atoms with Crippen LogP contribution in [-0.4, -0.2) is 46.0 Å². The number of nitrogens with one attached hydrogen (secondary N) is 2. The zero-order chi connectivity index (χ0) is 20.8. The van der Waals surface area contributed by atoms with Crippen LogP contribution in [0.3, 0.4) is 0 Å². The largest absolute Gasteiger partial charge is 0.497 e. The van der Waals surface area contributed by atoms with Gasteiger partial charge < -0.3 is 24.8 Å².